The second-order valence-corrected chi connectivity index (χ2v) is 15.3. The molecule has 0 radical (unpaired) electrons. The molecule has 54 heavy (non-hydrogen) atoms. The van der Waals surface area contributed by atoms with E-state index in [1.54, 1.807) is 41.5 Å². The summed E-state index contributed by atoms with van der Waals surface area (Å²) in [7, 11) is 1.20. The minimum absolute atomic E-state index is 0.0243. The van der Waals surface area contributed by atoms with Crippen LogP contribution in [0.15, 0.2) is 53.5 Å². The van der Waals surface area contributed by atoms with Crippen LogP contribution in [0.3, 0.4) is 0 Å². The van der Waals surface area contributed by atoms with Gasteiger partial charge >= 0.3 is 24.2 Å². The Kier molecular flexibility index (Phi) is 13.9. The smallest absolute Gasteiger partial charge is 0.417 e. The molecule has 0 aromatic heterocycles. The fourth-order valence-corrected chi connectivity index (χ4v) is 5.85. The van der Waals surface area contributed by atoms with Crippen LogP contribution in [0, 0.1) is 12.8 Å². The maximum absolute atomic E-state index is 13.4. The van der Waals surface area contributed by atoms with Gasteiger partial charge in [-0.05, 0) is 91.0 Å². The summed E-state index contributed by atoms with van der Waals surface area (Å²) in [5.74, 6) is -1.13. The number of nitrogens with one attached hydrogen (secondary N) is 2. The molecule has 0 bridgehead atoms. The van der Waals surface area contributed by atoms with Crippen LogP contribution in [-0.4, -0.2) is 103 Å². The van der Waals surface area contributed by atoms with E-state index in [-0.39, 0.29) is 30.9 Å². The van der Waals surface area contributed by atoms with Crippen LogP contribution < -0.4 is 15.5 Å². The van der Waals surface area contributed by atoms with Gasteiger partial charge in [0.25, 0.3) is 0 Å². The lowest BCUT2D eigenvalue weighted by molar-refractivity contribution is -0.143. The number of ether oxygens (including phenoxy) is 4. The Morgan fingerprint density at radius 2 is 1.44 bits per heavy atom. The molecule has 15 nitrogen and oxygen atoms in total. The number of methoxy groups -OCH3 is 1. The average Bonchev–Trinajstić information content (AvgIpc) is 3.12. The molecule has 0 saturated carbocycles. The average molecular weight is 751 g/mol. The molecule has 15 heteroatoms. The third-order valence-corrected chi connectivity index (χ3v) is 8.59. The first kappa shape index (κ1) is 41.4. The number of hydrogen-bond donors (Lipinski definition) is 2. The van der Waals surface area contributed by atoms with Crippen LogP contribution in [0.5, 0.6) is 0 Å². The molecule has 2 heterocycles. The number of nitrogens with zero attached hydrogens (tertiary/aromatic N) is 4. The van der Waals surface area contributed by atoms with Crippen LogP contribution in [0.1, 0.15) is 71.9 Å². The summed E-state index contributed by atoms with van der Waals surface area (Å²) in [4.78, 5) is 74.5. The van der Waals surface area contributed by atoms with E-state index in [9.17, 15) is 24.0 Å². The van der Waals surface area contributed by atoms with Crippen LogP contribution in [0.4, 0.5) is 25.8 Å². The quantitative estimate of drug-likeness (QED) is 0.241. The van der Waals surface area contributed by atoms with Gasteiger partial charge in [0.15, 0.2) is 0 Å². The predicted molar refractivity (Wildman–Crippen MR) is 202 cm³/mol. The van der Waals surface area contributed by atoms with E-state index in [0.717, 1.165) is 16.8 Å². The molecule has 1 atom stereocenters. The van der Waals surface area contributed by atoms with Crippen molar-refractivity contribution in [1.82, 2.24) is 20.4 Å². The van der Waals surface area contributed by atoms with Crippen molar-refractivity contribution in [2.24, 2.45) is 10.9 Å². The molecule has 4 amide bonds. The van der Waals surface area contributed by atoms with Crippen molar-refractivity contribution in [3.05, 3.63) is 59.7 Å². The highest BCUT2D eigenvalue weighted by Gasteiger charge is 2.37. The number of amides is 4. The number of esters is 1. The Morgan fingerprint density at radius 1 is 0.852 bits per heavy atom. The highest BCUT2D eigenvalue weighted by Crippen LogP contribution is 2.31. The fraction of sp³-hybridized carbons (Fsp3) is 0.538. The normalized spacial score (nSPS) is 15.9. The zero-order chi connectivity index (χ0) is 39.6. The molecular formula is C39H54N6O9. The summed E-state index contributed by atoms with van der Waals surface area (Å²) in [5, 5.41) is 5.26. The molecule has 0 unspecified atom stereocenters. The van der Waals surface area contributed by atoms with Crippen LogP contribution in [-0.2, 0) is 35.1 Å². The largest absolute Gasteiger partial charge is 0.467 e. The molecule has 2 aromatic carbocycles. The van der Waals surface area contributed by atoms with E-state index >= 15 is 0 Å². The van der Waals surface area contributed by atoms with Crippen molar-refractivity contribution < 1.29 is 42.9 Å². The fourth-order valence-electron chi connectivity index (χ4n) is 5.85. The molecule has 2 aromatic rings. The van der Waals surface area contributed by atoms with E-state index in [1.165, 1.54) is 16.9 Å². The van der Waals surface area contributed by atoms with Crippen molar-refractivity contribution in [2.45, 2.75) is 91.6 Å². The minimum Gasteiger partial charge on any atom is -0.467 e. The highest BCUT2D eigenvalue weighted by molar-refractivity contribution is 6.03. The summed E-state index contributed by atoms with van der Waals surface area (Å²) in [5.41, 5.74) is 1.53. The zero-order valence-electron chi connectivity index (χ0n) is 32.6. The second kappa shape index (κ2) is 18.1. The van der Waals surface area contributed by atoms with Gasteiger partial charge in [-0.25, -0.2) is 34.0 Å². The predicted octanol–water partition coefficient (Wildman–Crippen LogP) is 5.66. The number of alkyl carbamates (subject to hydrolysis) is 1. The van der Waals surface area contributed by atoms with Gasteiger partial charge in [0, 0.05) is 44.3 Å². The number of hydrogen-bond acceptors (Lipinski definition) is 11. The Labute approximate surface area is 317 Å². The van der Waals surface area contributed by atoms with Crippen molar-refractivity contribution in [3.63, 3.8) is 0 Å². The van der Waals surface area contributed by atoms with E-state index in [1.807, 2.05) is 55.5 Å². The lowest BCUT2D eigenvalue weighted by Gasteiger charge is -2.37. The number of aryl methyl sites for hydroxylation is 1. The lowest BCUT2D eigenvalue weighted by atomic mass is 9.95. The van der Waals surface area contributed by atoms with Crippen LogP contribution in [0.2, 0.25) is 0 Å². The summed E-state index contributed by atoms with van der Waals surface area (Å²) in [6.45, 7) is 14.2. The number of benzene rings is 2. The second-order valence-electron chi connectivity index (χ2n) is 15.3. The van der Waals surface area contributed by atoms with Gasteiger partial charge < -0.3 is 34.5 Å². The molecule has 0 aliphatic carbocycles. The Bertz CT molecular complexity index is 1640. The lowest BCUT2D eigenvalue weighted by Crippen LogP contribution is -2.56. The van der Waals surface area contributed by atoms with Gasteiger partial charge in [0.05, 0.1) is 12.8 Å². The van der Waals surface area contributed by atoms with Gasteiger partial charge in [-0.1, -0.05) is 36.4 Å². The van der Waals surface area contributed by atoms with E-state index in [2.05, 4.69) is 15.5 Å². The number of piperidine rings is 1. The third-order valence-electron chi connectivity index (χ3n) is 8.59. The SMILES string of the molecule is COC(=O)[C@H](CNC(=O)C1CCN(c2ccc(C)c(N=C3N(C(=O)OC(C)(C)C)CCCN3C(=O)OC(C)(C)C)c2)CC1)NC(=O)OCc1ccccc1. The Balaban J connectivity index is 1.42. The number of carbonyl (C=O) groups excluding carboxylic acids is 5. The maximum Gasteiger partial charge on any atom is 0.417 e. The number of anilines is 1. The van der Waals surface area contributed by atoms with Crippen molar-refractivity contribution in [3.8, 4) is 0 Å². The van der Waals surface area contributed by atoms with Gasteiger partial charge in [0.1, 0.15) is 23.9 Å². The van der Waals surface area contributed by atoms with Gasteiger partial charge in [-0.2, -0.15) is 0 Å². The monoisotopic (exact) mass is 750 g/mol. The van der Waals surface area contributed by atoms with Gasteiger partial charge in [-0.15, -0.1) is 0 Å². The first-order valence-corrected chi connectivity index (χ1v) is 18.2. The van der Waals surface area contributed by atoms with E-state index < -0.39 is 41.5 Å². The van der Waals surface area contributed by atoms with Crippen molar-refractivity contribution in [1.29, 1.82) is 0 Å². The van der Waals surface area contributed by atoms with Gasteiger partial charge in [-0.3, -0.25) is 4.79 Å². The number of aliphatic imine (C=N–C) groups is 1. The molecule has 2 saturated heterocycles. The third kappa shape index (κ3) is 12.1. The first-order chi connectivity index (χ1) is 25.4. The topological polar surface area (TPSA) is 168 Å². The molecule has 2 aliphatic rings. The number of rotatable bonds is 9. The molecule has 2 N–H and O–H groups in total. The van der Waals surface area contributed by atoms with Gasteiger partial charge in [0.2, 0.25) is 11.9 Å². The summed E-state index contributed by atoms with van der Waals surface area (Å²) in [6, 6.07) is 13.8. The summed E-state index contributed by atoms with van der Waals surface area (Å²) >= 11 is 0. The number of guanidine groups is 1. The van der Waals surface area contributed by atoms with Crippen LogP contribution >= 0.6 is 0 Å². The van der Waals surface area contributed by atoms with Crippen molar-refractivity contribution >= 4 is 47.5 Å². The first-order valence-electron chi connectivity index (χ1n) is 18.2. The van der Waals surface area contributed by atoms with Crippen LogP contribution in [0.25, 0.3) is 0 Å². The molecule has 294 valence electrons. The molecule has 2 fully saturated rings. The minimum atomic E-state index is -1.13. The van der Waals surface area contributed by atoms with Crippen molar-refractivity contribution in [2.75, 3.05) is 44.7 Å². The maximum atomic E-state index is 13.4. The van der Waals surface area contributed by atoms with E-state index in [4.69, 9.17) is 23.9 Å². The molecule has 4 rings (SSSR count). The summed E-state index contributed by atoms with van der Waals surface area (Å²) in [6.07, 6.45) is -0.436. The molecular weight excluding hydrogens is 696 g/mol. The van der Waals surface area contributed by atoms with E-state index in [0.29, 0.717) is 51.1 Å². The standard InChI is InChI=1S/C39H54N6O9/c1-26-15-16-29(23-30(26)41-34-44(36(49)53-38(2,3)4)19-12-20-45(34)37(50)54-39(5,6)7)43-21-17-28(18-22-43)32(46)40-24-31(33(47)51-8)42-35(48)52-25-27-13-10-9-11-14-27/h9-11,13-16,23,28,31H,12,17-22,24-25H2,1-8H3,(H,40,46)(H,42,48)/t31-/m0/s1. The zero-order valence-corrected chi connectivity index (χ0v) is 32.6. The highest BCUT2D eigenvalue weighted by atomic mass is 16.6. The molecule has 2 aliphatic heterocycles. The number of carbonyl (C=O) groups is 5. The summed E-state index contributed by atoms with van der Waals surface area (Å²) < 4.78 is 21.4. The molecule has 0 spiro atoms. The Morgan fingerprint density at radius 3 is 2.00 bits per heavy atom. The Hall–Kier alpha value is -5.34.